The Morgan fingerprint density at radius 2 is 2.22 bits per heavy atom. The number of hydrogen-bond donors (Lipinski definition) is 0. The lowest BCUT2D eigenvalue weighted by atomic mass is 10.1. The first-order chi connectivity index (χ1) is 4.31. The molecule has 0 aliphatic carbocycles. The lowest BCUT2D eigenvalue weighted by Gasteiger charge is -1.90. The van der Waals surface area contributed by atoms with Gasteiger partial charge < -0.3 is 0 Å². The molecular formula is C8H12O. The molecule has 0 unspecified atom stereocenters. The van der Waals surface area contributed by atoms with Gasteiger partial charge in [-0.3, -0.25) is 0 Å². The molecule has 9 heavy (non-hydrogen) atoms. The topological polar surface area (TPSA) is 17.1 Å². The van der Waals surface area contributed by atoms with Crippen LogP contribution >= 0.6 is 0 Å². The minimum atomic E-state index is 0.978. The highest BCUT2D eigenvalue weighted by atomic mass is 16.1. The quantitative estimate of drug-likeness (QED) is 0.416. The monoisotopic (exact) mass is 124 g/mol. The van der Waals surface area contributed by atoms with Gasteiger partial charge in [0.25, 0.3) is 0 Å². The third kappa shape index (κ3) is 5.10. The van der Waals surface area contributed by atoms with Crippen LogP contribution in [0.3, 0.4) is 0 Å². The van der Waals surface area contributed by atoms with Crippen LogP contribution in [0.1, 0.15) is 33.1 Å². The van der Waals surface area contributed by atoms with E-state index in [1.165, 1.54) is 0 Å². The van der Waals surface area contributed by atoms with E-state index in [1.54, 1.807) is 5.94 Å². The number of rotatable bonds is 3. The van der Waals surface area contributed by atoms with Gasteiger partial charge in [0.2, 0.25) is 0 Å². The fraction of sp³-hybridized carbons (Fsp3) is 0.625. The van der Waals surface area contributed by atoms with E-state index in [0.717, 1.165) is 24.8 Å². The largest absolute Gasteiger partial charge is 0.224 e. The van der Waals surface area contributed by atoms with Crippen LogP contribution in [-0.4, -0.2) is 5.94 Å². The van der Waals surface area contributed by atoms with E-state index < -0.39 is 0 Å². The lowest BCUT2D eigenvalue weighted by molar-refractivity contribution is 0.569. The second-order valence-electron chi connectivity index (χ2n) is 2.11. The van der Waals surface area contributed by atoms with Crippen molar-refractivity contribution in [2.75, 3.05) is 0 Å². The molecule has 0 aromatic rings. The summed E-state index contributed by atoms with van der Waals surface area (Å²) in [6.07, 6.45) is 3.28. The number of unbranched alkanes of at least 4 members (excludes halogenated alkanes) is 1. The maximum absolute atomic E-state index is 9.72. The van der Waals surface area contributed by atoms with Gasteiger partial charge >= 0.3 is 0 Å². The van der Waals surface area contributed by atoms with Crippen LogP contribution in [0.5, 0.6) is 0 Å². The Kier molecular flexibility index (Phi) is 4.91. The van der Waals surface area contributed by atoms with Gasteiger partial charge in [-0.1, -0.05) is 13.3 Å². The van der Waals surface area contributed by atoms with Crippen molar-refractivity contribution >= 4 is 5.94 Å². The molecule has 0 heterocycles. The van der Waals surface area contributed by atoms with Gasteiger partial charge in [0.1, 0.15) is 0 Å². The summed E-state index contributed by atoms with van der Waals surface area (Å²) in [7, 11) is 0. The van der Waals surface area contributed by atoms with E-state index in [4.69, 9.17) is 0 Å². The Morgan fingerprint density at radius 3 is 2.67 bits per heavy atom. The van der Waals surface area contributed by atoms with Crippen molar-refractivity contribution in [3.8, 4) is 0 Å². The third-order valence-corrected chi connectivity index (χ3v) is 1.17. The van der Waals surface area contributed by atoms with E-state index >= 15 is 0 Å². The summed E-state index contributed by atoms with van der Waals surface area (Å²) in [5.74, 6) is 1.64. The van der Waals surface area contributed by atoms with Gasteiger partial charge in [-0.15, -0.1) is 0 Å². The summed E-state index contributed by atoms with van der Waals surface area (Å²) in [6.45, 7) is 4.03. The number of hydrogen-bond acceptors (Lipinski definition) is 1. The van der Waals surface area contributed by atoms with Gasteiger partial charge in [-0.2, -0.15) is 0 Å². The van der Waals surface area contributed by atoms with Crippen LogP contribution in [0, 0.1) is 0 Å². The summed E-state index contributed by atoms with van der Waals surface area (Å²) in [4.78, 5) is 9.72. The van der Waals surface area contributed by atoms with Gasteiger partial charge in [0.05, 0.1) is 0 Å². The minimum absolute atomic E-state index is 0.978. The molecule has 50 valence electrons. The molecule has 0 bridgehead atoms. The summed E-state index contributed by atoms with van der Waals surface area (Å²) >= 11 is 0. The average Bonchev–Trinajstić information content (AvgIpc) is 1.85. The Hall–Kier alpha value is -0.770. The smallest absolute Gasteiger partial charge is 0.177 e. The molecule has 0 radical (unpaired) electrons. The van der Waals surface area contributed by atoms with E-state index in [0.29, 0.717) is 0 Å². The zero-order valence-corrected chi connectivity index (χ0v) is 6.03. The highest BCUT2D eigenvalue weighted by molar-refractivity contribution is 5.44. The van der Waals surface area contributed by atoms with E-state index in [9.17, 15) is 4.79 Å². The van der Waals surface area contributed by atoms with E-state index in [2.05, 4.69) is 12.7 Å². The highest BCUT2D eigenvalue weighted by Gasteiger charge is 1.84. The maximum Gasteiger partial charge on any atom is 0.177 e. The van der Waals surface area contributed by atoms with Crippen molar-refractivity contribution in [2.24, 2.45) is 0 Å². The van der Waals surface area contributed by atoms with Gasteiger partial charge in [0, 0.05) is 0 Å². The molecule has 0 N–H and O–H groups in total. The molecule has 0 aromatic heterocycles. The fourth-order valence-electron chi connectivity index (χ4n) is 0.592. The second-order valence-corrected chi connectivity index (χ2v) is 2.11. The van der Waals surface area contributed by atoms with Crippen LogP contribution in [0.4, 0.5) is 0 Å². The van der Waals surface area contributed by atoms with Crippen molar-refractivity contribution in [2.45, 2.75) is 33.1 Å². The maximum atomic E-state index is 9.72. The van der Waals surface area contributed by atoms with Crippen molar-refractivity contribution in [1.29, 1.82) is 0 Å². The summed E-state index contributed by atoms with van der Waals surface area (Å²) in [5.41, 5.74) is 3.50. The standard InChI is InChI=1S/C8H12O/c1-3-4-5-8(2)6-7-9/h3-5H2,1-2H3. The predicted molar refractivity (Wildman–Crippen MR) is 37.9 cm³/mol. The first-order valence-electron chi connectivity index (χ1n) is 3.26. The van der Waals surface area contributed by atoms with Crippen molar-refractivity contribution in [3.05, 3.63) is 11.3 Å². The molecule has 0 aromatic carbocycles. The molecule has 0 atom stereocenters. The van der Waals surface area contributed by atoms with Crippen molar-refractivity contribution < 1.29 is 4.79 Å². The first kappa shape index (κ1) is 8.23. The van der Waals surface area contributed by atoms with Crippen molar-refractivity contribution in [3.63, 3.8) is 0 Å². The molecule has 1 heteroatoms. The number of allylic oxidation sites excluding steroid dienone is 1. The van der Waals surface area contributed by atoms with Crippen LogP contribution in [0.25, 0.3) is 0 Å². The molecule has 1 nitrogen and oxygen atoms in total. The number of carbonyl (C=O) groups excluding carboxylic acids is 1. The molecule has 0 saturated carbocycles. The fourth-order valence-corrected chi connectivity index (χ4v) is 0.592. The predicted octanol–water partition coefficient (Wildman–Crippen LogP) is 2.11. The second kappa shape index (κ2) is 5.37. The van der Waals surface area contributed by atoms with Gasteiger partial charge in [-0.25, -0.2) is 4.79 Å². The normalized spacial score (nSPS) is 7.78. The molecule has 0 aliphatic heterocycles. The zero-order chi connectivity index (χ0) is 7.11. The van der Waals surface area contributed by atoms with E-state index in [-0.39, 0.29) is 0 Å². The van der Waals surface area contributed by atoms with Crippen LogP contribution in [-0.2, 0) is 4.79 Å². The van der Waals surface area contributed by atoms with Gasteiger partial charge in [0.15, 0.2) is 5.94 Å². The molecule has 0 spiro atoms. The first-order valence-corrected chi connectivity index (χ1v) is 3.26. The minimum Gasteiger partial charge on any atom is -0.224 e. The average molecular weight is 124 g/mol. The molecule has 0 amide bonds. The summed E-state index contributed by atoms with van der Waals surface area (Å²) in [6, 6.07) is 0. The third-order valence-electron chi connectivity index (χ3n) is 1.17. The Labute approximate surface area is 56.1 Å². The van der Waals surface area contributed by atoms with Gasteiger partial charge in [-0.05, 0) is 31.1 Å². The SMILES string of the molecule is CCCCC(C)=C=C=O. The zero-order valence-electron chi connectivity index (χ0n) is 6.03. The molecule has 0 aliphatic rings. The molecule has 0 rings (SSSR count). The lowest BCUT2D eigenvalue weighted by Crippen LogP contribution is -1.73. The van der Waals surface area contributed by atoms with Crippen LogP contribution in [0.15, 0.2) is 11.3 Å². The Balaban J connectivity index is 3.63. The molecule has 0 saturated heterocycles. The molecule has 0 fully saturated rings. The van der Waals surface area contributed by atoms with Crippen LogP contribution in [0.2, 0.25) is 0 Å². The summed E-state index contributed by atoms with van der Waals surface area (Å²) in [5, 5.41) is 0. The Morgan fingerprint density at radius 1 is 1.56 bits per heavy atom. The Bertz CT molecular complexity index is 146. The summed E-state index contributed by atoms with van der Waals surface area (Å²) < 4.78 is 0. The van der Waals surface area contributed by atoms with Crippen molar-refractivity contribution in [1.82, 2.24) is 0 Å². The van der Waals surface area contributed by atoms with Crippen LogP contribution < -0.4 is 0 Å². The highest BCUT2D eigenvalue weighted by Crippen LogP contribution is 2.02. The molecular weight excluding hydrogens is 112 g/mol. The van der Waals surface area contributed by atoms with E-state index in [1.807, 2.05) is 6.92 Å².